The van der Waals surface area contributed by atoms with Crippen LogP contribution in [0.3, 0.4) is 0 Å². The van der Waals surface area contributed by atoms with Crippen molar-refractivity contribution in [2.75, 3.05) is 5.32 Å². The molecule has 1 amide bonds. The summed E-state index contributed by atoms with van der Waals surface area (Å²) >= 11 is 2.58. The number of aromatic nitrogens is 3. The van der Waals surface area contributed by atoms with Gasteiger partial charge in [0.1, 0.15) is 5.01 Å². The van der Waals surface area contributed by atoms with Crippen LogP contribution in [0.25, 0.3) is 0 Å². The van der Waals surface area contributed by atoms with Crippen LogP contribution in [0.2, 0.25) is 0 Å². The van der Waals surface area contributed by atoms with Gasteiger partial charge in [-0.2, -0.15) is 0 Å². The maximum Gasteiger partial charge on any atom is 0.307 e. The molecule has 0 fully saturated rings. The highest BCUT2D eigenvalue weighted by molar-refractivity contribution is 7.15. The van der Waals surface area contributed by atoms with Gasteiger partial charge in [-0.3, -0.25) is 9.59 Å². The quantitative estimate of drug-likeness (QED) is 0.885. The monoisotopic (exact) mass is 312 g/mol. The van der Waals surface area contributed by atoms with Gasteiger partial charge in [-0.25, -0.2) is 0 Å². The van der Waals surface area contributed by atoms with E-state index in [1.165, 1.54) is 22.7 Å². The van der Waals surface area contributed by atoms with Crippen molar-refractivity contribution in [2.45, 2.75) is 39.7 Å². The van der Waals surface area contributed by atoms with Crippen molar-refractivity contribution in [3.63, 3.8) is 0 Å². The van der Waals surface area contributed by atoms with Gasteiger partial charge < -0.3 is 9.88 Å². The highest BCUT2D eigenvalue weighted by Gasteiger charge is 2.08. The molecule has 2 aromatic heterocycles. The summed E-state index contributed by atoms with van der Waals surface area (Å²) < 4.78 is 1.69. The summed E-state index contributed by atoms with van der Waals surface area (Å²) in [7, 11) is 0. The fraction of sp³-hybridized carbons (Fsp3) is 0.500. The Morgan fingerprint density at radius 2 is 2.25 bits per heavy atom. The van der Waals surface area contributed by atoms with E-state index in [1.807, 2.05) is 19.2 Å². The largest absolute Gasteiger partial charge is 0.307 e. The van der Waals surface area contributed by atoms with Crippen LogP contribution in [0, 0.1) is 6.92 Å². The zero-order valence-corrected chi connectivity index (χ0v) is 13.0. The maximum absolute atomic E-state index is 11.8. The molecule has 0 saturated carbocycles. The zero-order valence-electron chi connectivity index (χ0n) is 11.4. The topological polar surface area (TPSA) is 76.9 Å². The molecule has 0 bridgehead atoms. The average molecular weight is 312 g/mol. The van der Waals surface area contributed by atoms with Gasteiger partial charge >= 0.3 is 4.87 Å². The predicted octanol–water partition coefficient (Wildman–Crippen LogP) is 2.05. The fourth-order valence-electron chi connectivity index (χ4n) is 1.70. The van der Waals surface area contributed by atoms with E-state index in [2.05, 4.69) is 15.5 Å². The van der Waals surface area contributed by atoms with E-state index in [-0.39, 0.29) is 10.8 Å². The van der Waals surface area contributed by atoms with E-state index in [1.54, 1.807) is 4.57 Å². The highest BCUT2D eigenvalue weighted by Crippen LogP contribution is 2.15. The molecule has 0 atom stereocenters. The minimum absolute atomic E-state index is 0.0274. The summed E-state index contributed by atoms with van der Waals surface area (Å²) in [5.74, 6) is -0.0928. The number of rotatable bonds is 6. The van der Waals surface area contributed by atoms with Crippen LogP contribution in [0.4, 0.5) is 5.13 Å². The molecule has 2 aromatic rings. The molecule has 0 aromatic carbocycles. The number of aryl methyl sites for hydroxylation is 2. The van der Waals surface area contributed by atoms with Crippen molar-refractivity contribution in [3.05, 3.63) is 25.7 Å². The van der Waals surface area contributed by atoms with Crippen LogP contribution in [-0.2, 0) is 17.8 Å². The van der Waals surface area contributed by atoms with Gasteiger partial charge in [0.25, 0.3) is 0 Å². The van der Waals surface area contributed by atoms with Crippen molar-refractivity contribution in [2.24, 2.45) is 0 Å². The second kappa shape index (κ2) is 6.76. The number of hydrogen-bond acceptors (Lipinski definition) is 6. The minimum atomic E-state index is -0.0928. The number of anilines is 1. The Kier molecular flexibility index (Phi) is 5.02. The first-order chi connectivity index (χ1) is 9.60. The standard InChI is InChI=1S/C12H16N4O2S2/c1-3-10-14-15-11(20-10)13-9(17)5-4-6-16-8(2)7-19-12(16)18/h7H,3-6H2,1-2H3,(H,13,15,17). The molecule has 2 heterocycles. The molecule has 0 radical (unpaired) electrons. The van der Waals surface area contributed by atoms with E-state index < -0.39 is 0 Å². The molecule has 8 heteroatoms. The Hall–Kier alpha value is -1.54. The fourth-order valence-corrected chi connectivity index (χ4v) is 3.16. The number of thiazole rings is 1. The second-order valence-corrected chi connectivity index (χ2v) is 6.18. The zero-order chi connectivity index (χ0) is 14.5. The average Bonchev–Trinajstić information content (AvgIpc) is 2.99. The number of hydrogen-bond donors (Lipinski definition) is 1. The third-order valence-corrected chi connectivity index (χ3v) is 4.64. The third kappa shape index (κ3) is 3.73. The van der Waals surface area contributed by atoms with Crippen LogP contribution >= 0.6 is 22.7 Å². The van der Waals surface area contributed by atoms with Crippen molar-refractivity contribution in [1.82, 2.24) is 14.8 Å². The molecule has 20 heavy (non-hydrogen) atoms. The maximum atomic E-state index is 11.8. The van der Waals surface area contributed by atoms with E-state index in [4.69, 9.17) is 0 Å². The van der Waals surface area contributed by atoms with Crippen LogP contribution in [0.15, 0.2) is 10.2 Å². The molecule has 0 unspecified atom stereocenters. The van der Waals surface area contributed by atoms with Gasteiger partial charge in [0.15, 0.2) is 0 Å². The molecule has 108 valence electrons. The molecule has 0 saturated heterocycles. The van der Waals surface area contributed by atoms with E-state index in [0.29, 0.717) is 24.5 Å². The Balaban J connectivity index is 1.79. The summed E-state index contributed by atoms with van der Waals surface area (Å²) in [6.45, 7) is 4.45. The summed E-state index contributed by atoms with van der Waals surface area (Å²) in [5, 5.41) is 13.8. The van der Waals surface area contributed by atoms with Gasteiger partial charge in [-0.1, -0.05) is 29.6 Å². The molecular formula is C12H16N4O2S2. The molecule has 0 aliphatic rings. The van der Waals surface area contributed by atoms with Gasteiger partial charge in [-0.05, 0) is 19.8 Å². The second-order valence-electron chi connectivity index (χ2n) is 4.30. The van der Waals surface area contributed by atoms with Crippen molar-refractivity contribution < 1.29 is 4.79 Å². The number of nitrogens with one attached hydrogen (secondary N) is 1. The van der Waals surface area contributed by atoms with Crippen LogP contribution in [-0.4, -0.2) is 20.7 Å². The smallest absolute Gasteiger partial charge is 0.303 e. The summed E-state index contributed by atoms with van der Waals surface area (Å²) in [5.41, 5.74) is 0.942. The highest BCUT2D eigenvalue weighted by atomic mass is 32.1. The third-order valence-electron chi connectivity index (χ3n) is 2.78. The molecule has 1 N–H and O–H groups in total. The van der Waals surface area contributed by atoms with E-state index >= 15 is 0 Å². The number of nitrogens with zero attached hydrogens (tertiary/aromatic N) is 3. The lowest BCUT2D eigenvalue weighted by Gasteiger charge is -2.04. The first-order valence-corrected chi connectivity index (χ1v) is 8.07. The first-order valence-electron chi connectivity index (χ1n) is 6.37. The van der Waals surface area contributed by atoms with Crippen molar-refractivity contribution in [1.29, 1.82) is 0 Å². The molecule has 6 nitrogen and oxygen atoms in total. The molecule has 2 rings (SSSR count). The predicted molar refractivity (Wildman–Crippen MR) is 80.5 cm³/mol. The Labute approximate surface area is 124 Å². The van der Waals surface area contributed by atoms with Crippen molar-refractivity contribution >= 4 is 33.7 Å². The summed E-state index contributed by atoms with van der Waals surface area (Å²) in [6.07, 6.45) is 1.80. The van der Waals surface area contributed by atoms with Gasteiger partial charge in [0.2, 0.25) is 11.0 Å². The lowest BCUT2D eigenvalue weighted by atomic mass is 10.3. The first kappa shape index (κ1) is 14.9. The lowest BCUT2D eigenvalue weighted by Crippen LogP contribution is -2.17. The number of carbonyl (C=O) groups is 1. The SMILES string of the molecule is CCc1nnc(NC(=O)CCCn2c(C)csc2=O)s1. The lowest BCUT2D eigenvalue weighted by molar-refractivity contribution is -0.116. The Morgan fingerprint density at radius 1 is 1.45 bits per heavy atom. The van der Waals surface area contributed by atoms with E-state index in [0.717, 1.165) is 17.1 Å². The Bertz CT molecular complexity index is 644. The summed E-state index contributed by atoms with van der Waals surface area (Å²) in [4.78, 5) is 23.3. The minimum Gasteiger partial charge on any atom is -0.303 e. The van der Waals surface area contributed by atoms with Crippen LogP contribution in [0.1, 0.15) is 30.5 Å². The van der Waals surface area contributed by atoms with E-state index in [9.17, 15) is 9.59 Å². The molecule has 0 spiro atoms. The van der Waals surface area contributed by atoms with Gasteiger partial charge in [0, 0.05) is 24.0 Å². The summed E-state index contributed by atoms with van der Waals surface area (Å²) in [6, 6.07) is 0. The number of amides is 1. The van der Waals surface area contributed by atoms with Gasteiger partial charge in [-0.15, -0.1) is 10.2 Å². The Morgan fingerprint density at radius 3 is 2.85 bits per heavy atom. The molecule has 0 aliphatic heterocycles. The van der Waals surface area contributed by atoms with Crippen molar-refractivity contribution in [3.8, 4) is 0 Å². The van der Waals surface area contributed by atoms with Crippen LogP contribution in [0.5, 0.6) is 0 Å². The number of carbonyl (C=O) groups excluding carboxylic acids is 1. The molecular weight excluding hydrogens is 296 g/mol. The molecule has 0 aliphatic carbocycles. The van der Waals surface area contributed by atoms with Crippen LogP contribution < -0.4 is 10.2 Å². The normalized spacial score (nSPS) is 10.7. The van der Waals surface area contributed by atoms with Gasteiger partial charge in [0.05, 0.1) is 0 Å².